The lowest BCUT2D eigenvalue weighted by atomic mass is 9.96. The van der Waals surface area contributed by atoms with Gasteiger partial charge in [0.05, 0.1) is 0 Å². The number of rotatable bonds is 2. The highest BCUT2D eigenvalue weighted by atomic mass is 32.2. The van der Waals surface area contributed by atoms with E-state index in [0.29, 0.717) is 12.1 Å². The molecule has 12 heteroatoms. The minimum atomic E-state index is -7.72. The number of hydrogen-bond acceptors (Lipinski definition) is 2. The zero-order chi connectivity index (χ0) is 17.6. The van der Waals surface area contributed by atoms with Gasteiger partial charge < -0.3 is 0 Å². The van der Waals surface area contributed by atoms with Crippen LogP contribution in [0.3, 0.4) is 0 Å². The van der Waals surface area contributed by atoms with Gasteiger partial charge in [-0.15, -0.1) is 0 Å². The first kappa shape index (κ1) is 18.6. The summed E-state index contributed by atoms with van der Waals surface area (Å²) in [6, 6.07) is 2.08. The lowest BCUT2D eigenvalue weighted by Crippen LogP contribution is -2.62. The van der Waals surface area contributed by atoms with Crippen LogP contribution in [0.2, 0.25) is 0 Å². The average Bonchev–Trinajstić information content (AvgIpc) is 2.24. The second-order valence-electron chi connectivity index (χ2n) is 3.99. The topological polar surface area (TPSA) is 34.1 Å². The van der Waals surface area contributed by atoms with E-state index in [-0.39, 0.29) is 12.1 Å². The van der Waals surface area contributed by atoms with E-state index in [1.807, 2.05) is 0 Å². The standard InChI is InChI=1S/C10H5F9O2S/c11-8(12,13)7(9(14,15)16,6-4-2-1-3-5-6)22(20,21)10(17,18)19/h1-5H. The lowest BCUT2D eigenvalue weighted by molar-refractivity contribution is -0.274. The van der Waals surface area contributed by atoms with Crippen LogP contribution >= 0.6 is 0 Å². The molecule has 22 heavy (non-hydrogen) atoms. The van der Waals surface area contributed by atoms with Gasteiger partial charge in [0.15, 0.2) is 0 Å². The second-order valence-corrected chi connectivity index (χ2v) is 6.07. The van der Waals surface area contributed by atoms with Crippen LogP contribution < -0.4 is 0 Å². The molecular weight excluding hydrogens is 355 g/mol. The fourth-order valence-corrected chi connectivity index (χ4v) is 3.20. The summed E-state index contributed by atoms with van der Waals surface area (Å²) >= 11 is 0. The Labute approximate surface area is 117 Å². The normalized spacial score (nSPS) is 15.0. The molecule has 0 atom stereocenters. The van der Waals surface area contributed by atoms with Crippen LogP contribution in [0, 0.1) is 0 Å². The molecule has 0 N–H and O–H groups in total. The Kier molecular flexibility index (Phi) is 4.25. The largest absolute Gasteiger partial charge is 0.498 e. The number of alkyl halides is 9. The van der Waals surface area contributed by atoms with E-state index in [1.165, 1.54) is 0 Å². The van der Waals surface area contributed by atoms with Crippen LogP contribution in [0.5, 0.6) is 0 Å². The Hall–Kier alpha value is -1.46. The predicted molar refractivity (Wildman–Crippen MR) is 55.2 cm³/mol. The maximum atomic E-state index is 13.0. The molecule has 0 aliphatic heterocycles. The van der Waals surface area contributed by atoms with Gasteiger partial charge in [-0.1, -0.05) is 30.3 Å². The van der Waals surface area contributed by atoms with Crippen LogP contribution in [0.1, 0.15) is 5.56 Å². The van der Waals surface area contributed by atoms with Gasteiger partial charge in [0.25, 0.3) is 14.6 Å². The van der Waals surface area contributed by atoms with Crippen molar-refractivity contribution >= 4 is 9.84 Å². The SMILES string of the molecule is O=S(=O)(C(F)(F)F)C(c1ccccc1)(C(F)(F)F)C(F)(F)F. The summed E-state index contributed by atoms with van der Waals surface area (Å²) < 4.78 is 132. The van der Waals surface area contributed by atoms with Gasteiger partial charge in [0.2, 0.25) is 0 Å². The van der Waals surface area contributed by atoms with Crippen molar-refractivity contribution in [3.63, 3.8) is 0 Å². The second kappa shape index (κ2) is 5.03. The molecule has 0 unspecified atom stereocenters. The lowest BCUT2D eigenvalue weighted by Gasteiger charge is -2.37. The molecule has 0 saturated carbocycles. The molecule has 0 heterocycles. The minimum absolute atomic E-state index is 0.0181. The van der Waals surface area contributed by atoms with Crippen molar-refractivity contribution in [3.05, 3.63) is 35.9 Å². The van der Waals surface area contributed by atoms with E-state index in [0.717, 1.165) is 6.07 Å². The Morgan fingerprint density at radius 1 is 0.682 bits per heavy atom. The van der Waals surface area contributed by atoms with Crippen molar-refractivity contribution < 1.29 is 47.9 Å². The van der Waals surface area contributed by atoms with E-state index >= 15 is 0 Å². The molecule has 1 aromatic rings. The van der Waals surface area contributed by atoms with Gasteiger partial charge >= 0.3 is 17.9 Å². The maximum absolute atomic E-state index is 13.0. The van der Waals surface area contributed by atoms with Crippen molar-refractivity contribution in [2.24, 2.45) is 0 Å². The van der Waals surface area contributed by atoms with Gasteiger partial charge in [-0.05, 0) is 5.56 Å². The molecule has 0 bridgehead atoms. The molecule has 0 saturated heterocycles. The molecule has 0 radical (unpaired) electrons. The molecule has 2 nitrogen and oxygen atoms in total. The Balaban J connectivity index is 4.05. The number of benzene rings is 1. The van der Waals surface area contributed by atoms with Crippen molar-refractivity contribution in [1.29, 1.82) is 0 Å². The highest BCUT2D eigenvalue weighted by Gasteiger charge is 2.84. The summed E-state index contributed by atoms with van der Waals surface area (Å²) in [5, 5.41) is 0. The maximum Gasteiger partial charge on any atom is 0.498 e. The third-order valence-electron chi connectivity index (χ3n) is 2.69. The van der Waals surface area contributed by atoms with Gasteiger partial charge in [0, 0.05) is 0 Å². The average molecular weight is 360 g/mol. The smallest absolute Gasteiger partial charge is 0.218 e. The van der Waals surface area contributed by atoms with E-state index in [2.05, 4.69) is 0 Å². The molecule has 0 spiro atoms. The molecule has 0 amide bonds. The predicted octanol–water partition coefficient (Wildman–Crippen LogP) is 3.94. The molecule has 0 fully saturated rings. The molecule has 1 rings (SSSR count). The van der Waals surface area contributed by atoms with Gasteiger partial charge in [0.1, 0.15) is 0 Å². The first-order valence-electron chi connectivity index (χ1n) is 5.10. The Bertz CT molecular complexity index is 611. The molecule has 0 aromatic heterocycles. The quantitative estimate of drug-likeness (QED) is 0.749. The molecule has 0 aliphatic carbocycles. The number of hydrogen-bond donors (Lipinski definition) is 0. The molecule has 0 aliphatic rings. The van der Waals surface area contributed by atoms with Gasteiger partial charge in [-0.25, -0.2) is 8.42 Å². The highest BCUT2D eigenvalue weighted by Crippen LogP contribution is 2.58. The third-order valence-corrected chi connectivity index (χ3v) is 4.80. The van der Waals surface area contributed by atoms with Crippen molar-refractivity contribution in [1.82, 2.24) is 0 Å². The minimum Gasteiger partial charge on any atom is -0.218 e. The third kappa shape index (κ3) is 2.42. The van der Waals surface area contributed by atoms with E-state index in [1.54, 1.807) is 0 Å². The van der Waals surface area contributed by atoms with Crippen molar-refractivity contribution in [2.45, 2.75) is 22.6 Å². The summed E-state index contributed by atoms with van der Waals surface area (Å²) in [6.45, 7) is 0. The highest BCUT2D eigenvalue weighted by molar-refractivity contribution is 7.93. The van der Waals surface area contributed by atoms with Crippen molar-refractivity contribution in [2.75, 3.05) is 0 Å². The first-order valence-corrected chi connectivity index (χ1v) is 6.59. The van der Waals surface area contributed by atoms with Crippen LogP contribution in [0.15, 0.2) is 30.3 Å². The summed E-state index contributed by atoms with van der Waals surface area (Å²) in [5.74, 6) is 0. The fourth-order valence-electron chi connectivity index (χ4n) is 1.79. The zero-order valence-electron chi connectivity index (χ0n) is 10.0. The van der Waals surface area contributed by atoms with Gasteiger partial charge in [-0.3, -0.25) is 0 Å². The van der Waals surface area contributed by atoms with Crippen LogP contribution in [0.4, 0.5) is 39.5 Å². The van der Waals surface area contributed by atoms with Crippen LogP contribution in [-0.4, -0.2) is 26.3 Å². The Morgan fingerprint density at radius 2 is 1.05 bits per heavy atom. The number of sulfone groups is 1. The van der Waals surface area contributed by atoms with E-state index in [9.17, 15) is 47.9 Å². The zero-order valence-corrected chi connectivity index (χ0v) is 10.8. The summed E-state index contributed by atoms with van der Waals surface area (Å²) in [5.41, 5.74) is -8.86. The molecule has 1 aromatic carbocycles. The van der Waals surface area contributed by atoms with E-state index < -0.39 is 38.0 Å². The summed E-state index contributed by atoms with van der Waals surface area (Å²) in [6.07, 6.45) is -13.6. The number of halogens is 9. The van der Waals surface area contributed by atoms with Crippen LogP contribution in [0.25, 0.3) is 0 Å². The monoisotopic (exact) mass is 360 g/mol. The first-order chi connectivity index (χ1) is 9.61. The summed E-state index contributed by atoms with van der Waals surface area (Å²) in [4.78, 5) is 0. The summed E-state index contributed by atoms with van der Waals surface area (Å²) in [7, 11) is -7.72. The Morgan fingerprint density at radius 3 is 1.32 bits per heavy atom. The molecule has 126 valence electrons. The van der Waals surface area contributed by atoms with Crippen molar-refractivity contribution in [3.8, 4) is 0 Å². The van der Waals surface area contributed by atoms with Crippen LogP contribution in [-0.2, 0) is 14.6 Å². The molecular formula is C10H5F9O2S. The van der Waals surface area contributed by atoms with Gasteiger partial charge in [-0.2, -0.15) is 39.5 Å². The fraction of sp³-hybridized carbons (Fsp3) is 0.400. The van der Waals surface area contributed by atoms with E-state index in [4.69, 9.17) is 0 Å².